The molecule has 2 rings (SSSR count). The fraction of sp³-hybridized carbons (Fsp3) is 0.385. The molecule has 0 saturated carbocycles. The first-order valence-electron chi connectivity index (χ1n) is 5.67. The molecule has 2 heterocycles. The summed E-state index contributed by atoms with van der Waals surface area (Å²) >= 11 is 1.77. The monoisotopic (exact) mass is 232 g/mol. The zero-order valence-electron chi connectivity index (χ0n) is 9.73. The Morgan fingerprint density at radius 2 is 2.19 bits per heavy atom. The van der Waals surface area contributed by atoms with Gasteiger partial charge in [0.15, 0.2) is 0 Å². The van der Waals surface area contributed by atoms with Gasteiger partial charge >= 0.3 is 0 Å². The minimum absolute atomic E-state index is 0.840. The molecule has 2 aromatic heterocycles. The molecule has 2 aromatic rings. The van der Waals surface area contributed by atoms with Gasteiger partial charge in [0.1, 0.15) is 5.82 Å². The lowest BCUT2D eigenvalue weighted by Gasteiger charge is -2.03. The molecule has 0 amide bonds. The summed E-state index contributed by atoms with van der Waals surface area (Å²) in [6.45, 7) is 4.16. The molecule has 3 heteroatoms. The van der Waals surface area contributed by atoms with E-state index < -0.39 is 0 Å². The summed E-state index contributed by atoms with van der Waals surface area (Å²) in [5, 5.41) is 2.15. The summed E-state index contributed by atoms with van der Waals surface area (Å²) in [6, 6.07) is 4.21. The van der Waals surface area contributed by atoms with Crippen LogP contribution in [0.3, 0.4) is 0 Å². The predicted molar refractivity (Wildman–Crippen MR) is 68.7 cm³/mol. The average Bonchev–Trinajstić information content (AvgIpc) is 2.74. The minimum atomic E-state index is 0.840. The molecule has 0 aliphatic heterocycles. The van der Waals surface area contributed by atoms with Crippen LogP contribution in [-0.4, -0.2) is 9.97 Å². The summed E-state index contributed by atoms with van der Waals surface area (Å²) in [5.41, 5.74) is 2.48. The van der Waals surface area contributed by atoms with Crippen molar-refractivity contribution in [2.24, 2.45) is 0 Å². The van der Waals surface area contributed by atoms with Crippen LogP contribution in [0, 0.1) is 6.92 Å². The van der Waals surface area contributed by atoms with E-state index in [9.17, 15) is 0 Å². The minimum Gasteiger partial charge on any atom is -0.242 e. The van der Waals surface area contributed by atoms with Crippen molar-refractivity contribution in [2.75, 3.05) is 0 Å². The third-order valence-electron chi connectivity index (χ3n) is 2.56. The zero-order chi connectivity index (χ0) is 11.4. The maximum absolute atomic E-state index is 4.48. The van der Waals surface area contributed by atoms with Crippen LogP contribution in [0.4, 0.5) is 0 Å². The zero-order valence-corrected chi connectivity index (χ0v) is 10.5. The number of hydrogen-bond donors (Lipinski definition) is 0. The highest BCUT2D eigenvalue weighted by molar-refractivity contribution is 7.13. The second-order valence-corrected chi connectivity index (χ2v) is 4.78. The molecule has 0 atom stereocenters. The van der Waals surface area contributed by atoms with Crippen molar-refractivity contribution in [3.63, 3.8) is 0 Å². The van der Waals surface area contributed by atoms with E-state index in [4.69, 9.17) is 0 Å². The molecule has 0 unspecified atom stereocenters. The quantitative estimate of drug-likeness (QED) is 0.800. The van der Waals surface area contributed by atoms with E-state index in [1.165, 1.54) is 23.3 Å². The molecule has 2 nitrogen and oxygen atoms in total. The Morgan fingerprint density at radius 1 is 1.31 bits per heavy atom. The molecule has 0 aliphatic rings. The maximum Gasteiger partial charge on any atom is 0.125 e. The smallest absolute Gasteiger partial charge is 0.125 e. The Bertz CT molecular complexity index is 462. The molecule has 0 fully saturated rings. The van der Waals surface area contributed by atoms with E-state index in [1.807, 2.05) is 19.2 Å². The van der Waals surface area contributed by atoms with Crippen molar-refractivity contribution in [1.29, 1.82) is 0 Å². The lowest BCUT2D eigenvalue weighted by atomic mass is 10.1. The number of thiophene rings is 1. The van der Waals surface area contributed by atoms with Gasteiger partial charge < -0.3 is 0 Å². The first-order valence-corrected chi connectivity index (χ1v) is 6.55. The van der Waals surface area contributed by atoms with Crippen LogP contribution < -0.4 is 0 Å². The van der Waals surface area contributed by atoms with Crippen molar-refractivity contribution in [3.8, 4) is 10.6 Å². The van der Waals surface area contributed by atoms with Crippen molar-refractivity contribution in [2.45, 2.75) is 33.1 Å². The number of nitrogens with zero attached hydrogens (tertiary/aromatic N) is 2. The van der Waals surface area contributed by atoms with Crippen LogP contribution in [0.5, 0.6) is 0 Å². The second-order valence-electron chi connectivity index (χ2n) is 3.87. The molecule has 0 spiro atoms. The third-order valence-corrected chi connectivity index (χ3v) is 3.53. The van der Waals surface area contributed by atoms with Gasteiger partial charge in [0, 0.05) is 6.20 Å². The van der Waals surface area contributed by atoms with Gasteiger partial charge in [0.2, 0.25) is 0 Å². The van der Waals surface area contributed by atoms with Crippen molar-refractivity contribution >= 4 is 11.3 Å². The second kappa shape index (κ2) is 5.21. The number of aryl methyl sites for hydroxylation is 2. The Morgan fingerprint density at radius 3 is 2.94 bits per heavy atom. The third kappa shape index (κ3) is 2.47. The fourth-order valence-electron chi connectivity index (χ4n) is 1.71. The van der Waals surface area contributed by atoms with Gasteiger partial charge in [-0.1, -0.05) is 13.3 Å². The van der Waals surface area contributed by atoms with Gasteiger partial charge in [-0.25, -0.2) is 9.97 Å². The van der Waals surface area contributed by atoms with E-state index in [-0.39, 0.29) is 0 Å². The summed E-state index contributed by atoms with van der Waals surface area (Å²) in [5.74, 6) is 0.840. The van der Waals surface area contributed by atoms with Gasteiger partial charge in [0.05, 0.1) is 10.6 Å². The summed E-state index contributed by atoms with van der Waals surface area (Å²) in [7, 11) is 0. The fourth-order valence-corrected chi connectivity index (χ4v) is 2.63. The summed E-state index contributed by atoms with van der Waals surface area (Å²) in [6.07, 6.45) is 5.46. The molecule has 16 heavy (non-hydrogen) atoms. The number of rotatable bonds is 4. The molecular weight excluding hydrogens is 216 g/mol. The van der Waals surface area contributed by atoms with E-state index in [1.54, 1.807) is 11.3 Å². The Balaban J connectivity index is 2.29. The van der Waals surface area contributed by atoms with Crippen LogP contribution in [0.2, 0.25) is 0 Å². The van der Waals surface area contributed by atoms with Gasteiger partial charge in [0.25, 0.3) is 0 Å². The van der Waals surface area contributed by atoms with Crippen LogP contribution in [0.15, 0.2) is 23.7 Å². The number of unbranched alkanes of at least 4 members (excludes halogenated alkanes) is 1. The summed E-state index contributed by atoms with van der Waals surface area (Å²) in [4.78, 5) is 9.92. The van der Waals surface area contributed by atoms with Gasteiger partial charge in [-0.3, -0.25) is 0 Å². The Labute approximate surface area is 100 Å². The maximum atomic E-state index is 4.48. The van der Waals surface area contributed by atoms with E-state index in [0.29, 0.717) is 0 Å². The van der Waals surface area contributed by atoms with Crippen LogP contribution in [0.1, 0.15) is 31.2 Å². The number of aromatic nitrogens is 2. The lowest BCUT2D eigenvalue weighted by molar-refractivity contribution is 0.797. The van der Waals surface area contributed by atoms with Gasteiger partial charge in [-0.2, -0.15) is 0 Å². The van der Waals surface area contributed by atoms with Crippen molar-refractivity contribution in [3.05, 3.63) is 35.1 Å². The molecule has 0 aliphatic carbocycles. The van der Waals surface area contributed by atoms with Crippen LogP contribution >= 0.6 is 11.3 Å². The first kappa shape index (κ1) is 11.3. The van der Waals surface area contributed by atoms with E-state index in [2.05, 4.69) is 28.3 Å². The highest BCUT2D eigenvalue weighted by atomic mass is 32.1. The van der Waals surface area contributed by atoms with Crippen molar-refractivity contribution in [1.82, 2.24) is 9.97 Å². The molecular formula is C13H16N2S. The van der Waals surface area contributed by atoms with Crippen LogP contribution in [-0.2, 0) is 6.42 Å². The summed E-state index contributed by atoms with van der Waals surface area (Å²) < 4.78 is 0. The largest absolute Gasteiger partial charge is 0.242 e. The molecule has 0 N–H and O–H groups in total. The SMILES string of the molecule is CCCCc1ccsc1-c1ccnc(C)n1. The highest BCUT2D eigenvalue weighted by Crippen LogP contribution is 2.29. The topological polar surface area (TPSA) is 25.8 Å². The van der Waals surface area contributed by atoms with Gasteiger partial charge in [-0.05, 0) is 42.8 Å². The first-order chi connectivity index (χ1) is 7.81. The highest BCUT2D eigenvalue weighted by Gasteiger charge is 2.07. The van der Waals surface area contributed by atoms with E-state index in [0.717, 1.165) is 17.9 Å². The van der Waals surface area contributed by atoms with Gasteiger partial charge in [-0.15, -0.1) is 11.3 Å². The molecule has 0 radical (unpaired) electrons. The predicted octanol–water partition coefficient (Wildman–Crippen LogP) is 3.86. The Kier molecular flexibility index (Phi) is 3.67. The average molecular weight is 232 g/mol. The molecule has 0 bridgehead atoms. The molecule has 0 aromatic carbocycles. The van der Waals surface area contributed by atoms with E-state index >= 15 is 0 Å². The Hall–Kier alpha value is -1.22. The van der Waals surface area contributed by atoms with Crippen molar-refractivity contribution < 1.29 is 0 Å². The number of hydrogen-bond acceptors (Lipinski definition) is 3. The van der Waals surface area contributed by atoms with Crippen LogP contribution in [0.25, 0.3) is 10.6 Å². The molecule has 0 saturated heterocycles. The normalized spacial score (nSPS) is 10.6. The molecule has 84 valence electrons. The standard InChI is InChI=1S/C13H16N2S/c1-3-4-5-11-7-9-16-13(11)12-6-8-14-10(2)15-12/h6-9H,3-5H2,1-2H3. The lowest BCUT2D eigenvalue weighted by Crippen LogP contribution is -1.91.